The van der Waals surface area contributed by atoms with E-state index in [1.165, 1.54) is 18.2 Å². The molecule has 0 bridgehead atoms. The Bertz CT molecular complexity index is 685. The van der Waals surface area contributed by atoms with Crippen molar-refractivity contribution in [2.75, 3.05) is 11.9 Å². The van der Waals surface area contributed by atoms with Crippen LogP contribution in [0.3, 0.4) is 0 Å². The summed E-state index contributed by atoms with van der Waals surface area (Å²) in [6.07, 6.45) is 0. The zero-order valence-corrected chi connectivity index (χ0v) is 11.8. The maximum Gasteiger partial charge on any atom is 0.242 e. The lowest BCUT2D eigenvalue weighted by atomic mass is 10.2. The van der Waals surface area contributed by atoms with Crippen LogP contribution in [-0.2, 0) is 10.0 Å². The van der Waals surface area contributed by atoms with E-state index in [0.717, 1.165) is 0 Å². The number of aromatic hydroxyl groups is 1. The molecule has 2 rings (SSSR count). The number of anilines is 2. The van der Waals surface area contributed by atoms with Gasteiger partial charge in [0.15, 0.2) is 0 Å². The van der Waals surface area contributed by atoms with Crippen molar-refractivity contribution >= 4 is 21.4 Å². The van der Waals surface area contributed by atoms with Crippen molar-refractivity contribution in [3.05, 3.63) is 48.5 Å². The van der Waals surface area contributed by atoms with Crippen LogP contribution < -0.4 is 10.0 Å². The summed E-state index contributed by atoms with van der Waals surface area (Å²) in [5.74, 6) is -0.118. The van der Waals surface area contributed by atoms with Crippen LogP contribution in [0.15, 0.2) is 53.4 Å². The Morgan fingerprint density at radius 2 is 1.75 bits per heavy atom. The van der Waals surface area contributed by atoms with Crippen molar-refractivity contribution in [2.24, 2.45) is 0 Å². The molecular weight excluding hydrogens is 276 g/mol. The highest BCUT2D eigenvalue weighted by atomic mass is 32.2. The molecule has 0 saturated carbocycles. The minimum atomic E-state index is -3.66. The van der Waals surface area contributed by atoms with Crippen LogP contribution in [0.4, 0.5) is 11.4 Å². The van der Waals surface area contributed by atoms with Crippen molar-refractivity contribution < 1.29 is 13.5 Å². The van der Waals surface area contributed by atoms with Crippen molar-refractivity contribution in [3.63, 3.8) is 0 Å². The first-order valence-electron chi connectivity index (χ1n) is 6.18. The summed E-state index contributed by atoms with van der Waals surface area (Å²) in [5, 5.41) is 12.9. The molecule has 0 spiro atoms. The number of hydrogen-bond donors (Lipinski definition) is 3. The van der Waals surface area contributed by atoms with Gasteiger partial charge in [-0.25, -0.2) is 13.1 Å². The predicted molar refractivity (Wildman–Crippen MR) is 78.7 cm³/mol. The molecule has 0 aliphatic rings. The molecule has 0 aliphatic heterocycles. The number of phenolic OH excluding ortho intramolecular Hbond substituents is 1. The largest absolute Gasteiger partial charge is 0.506 e. The molecule has 0 heterocycles. The van der Waals surface area contributed by atoms with Gasteiger partial charge in [-0.1, -0.05) is 31.2 Å². The van der Waals surface area contributed by atoms with Gasteiger partial charge in [-0.15, -0.1) is 0 Å². The van der Waals surface area contributed by atoms with Gasteiger partial charge < -0.3 is 10.4 Å². The standard InChI is InChI=1S/C14H16N2O3S/c1-2-15-20(18,19)13-10-6-9-12(17)14(13)16-11-7-4-3-5-8-11/h3-10,15-17H,2H2,1H3. The molecule has 3 N–H and O–H groups in total. The Balaban J connectivity index is 2.47. The van der Waals surface area contributed by atoms with Gasteiger partial charge in [0.1, 0.15) is 16.3 Å². The van der Waals surface area contributed by atoms with E-state index < -0.39 is 10.0 Å². The summed E-state index contributed by atoms with van der Waals surface area (Å²) >= 11 is 0. The van der Waals surface area contributed by atoms with Gasteiger partial charge in [0.2, 0.25) is 10.0 Å². The Morgan fingerprint density at radius 3 is 2.40 bits per heavy atom. The number of hydrogen-bond acceptors (Lipinski definition) is 4. The smallest absolute Gasteiger partial charge is 0.242 e. The number of phenols is 1. The number of para-hydroxylation sites is 2. The monoisotopic (exact) mass is 292 g/mol. The van der Waals surface area contributed by atoms with Gasteiger partial charge in [0.05, 0.1) is 0 Å². The van der Waals surface area contributed by atoms with Crippen LogP contribution in [0.5, 0.6) is 5.75 Å². The highest BCUT2D eigenvalue weighted by Gasteiger charge is 2.20. The van der Waals surface area contributed by atoms with Gasteiger partial charge >= 0.3 is 0 Å². The fourth-order valence-corrected chi connectivity index (χ4v) is 3.02. The maximum absolute atomic E-state index is 12.1. The second-order valence-corrected chi connectivity index (χ2v) is 5.88. The lowest BCUT2D eigenvalue weighted by Gasteiger charge is -2.14. The minimum absolute atomic E-state index is 0.0169. The normalized spacial score (nSPS) is 11.2. The third kappa shape index (κ3) is 3.09. The molecule has 0 atom stereocenters. The van der Waals surface area contributed by atoms with Crippen LogP contribution in [0.2, 0.25) is 0 Å². The van der Waals surface area contributed by atoms with Gasteiger partial charge in [0.25, 0.3) is 0 Å². The van der Waals surface area contributed by atoms with E-state index in [1.54, 1.807) is 19.1 Å². The zero-order chi connectivity index (χ0) is 14.6. The first kappa shape index (κ1) is 14.4. The second kappa shape index (κ2) is 5.94. The summed E-state index contributed by atoms with van der Waals surface area (Å²) in [5.41, 5.74) is 0.863. The SMILES string of the molecule is CCNS(=O)(=O)c1cccc(O)c1Nc1ccccc1. The Kier molecular flexibility index (Phi) is 4.26. The summed E-state index contributed by atoms with van der Waals surface area (Å²) in [4.78, 5) is 0.0169. The molecule has 2 aromatic carbocycles. The minimum Gasteiger partial charge on any atom is -0.506 e. The molecule has 0 radical (unpaired) electrons. The van der Waals surface area contributed by atoms with Crippen LogP contribution in [-0.4, -0.2) is 20.1 Å². The van der Waals surface area contributed by atoms with Crippen molar-refractivity contribution in [1.29, 1.82) is 0 Å². The molecular formula is C14H16N2O3S. The summed E-state index contributed by atoms with van der Waals surface area (Å²) < 4.78 is 26.7. The topological polar surface area (TPSA) is 78.4 Å². The summed E-state index contributed by atoms with van der Waals surface area (Å²) in [6.45, 7) is 1.98. The molecule has 5 nitrogen and oxygen atoms in total. The van der Waals surface area contributed by atoms with E-state index in [2.05, 4.69) is 10.0 Å². The van der Waals surface area contributed by atoms with Gasteiger partial charge in [0, 0.05) is 12.2 Å². The molecule has 6 heteroatoms. The van der Waals surface area contributed by atoms with Crippen molar-refractivity contribution in [1.82, 2.24) is 4.72 Å². The molecule has 2 aromatic rings. The molecule has 0 unspecified atom stereocenters. The van der Waals surface area contributed by atoms with Crippen LogP contribution in [0.1, 0.15) is 6.92 Å². The molecule has 106 valence electrons. The predicted octanol–water partition coefficient (Wildman–Crippen LogP) is 2.43. The van der Waals surface area contributed by atoms with Crippen LogP contribution in [0.25, 0.3) is 0 Å². The third-order valence-corrected chi connectivity index (χ3v) is 4.26. The molecule has 0 saturated heterocycles. The van der Waals surface area contributed by atoms with Gasteiger partial charge in [-0.05, 0) is 24.3 Å². The van der Waals surface area contributed by atoms with Crippen molar-refractivity contribution in [2.45, 2.75) is 11.8 Å². The maximum atomic E-state index is 12.1. The number of rotatable bonds is 5. The first-order chi connectivity index (χ1) is 9.54. The van der Waals surface area contributed by atoms with Crippen LogP contribution >= 0.6 is 0 Å². The van der Waals surface area contributed by atoms with Crippen molar-refractivity contribution in [3.8, 4) is 5.75 Å². The summed E-state index contributed by atoms with van der Waals surface area (Å²) in [7, 11) is -3.66. The highest BCUT2D eigenvalue weighted by Crippen LogP contribution is 2.33. The lowest BCUT2D eigenvalue weighted by Crippen LogP contribution is -2.23. The third-order valence-electron chi connectivity index (χ3n) is 2.67. The van der Waals surface area contributed by atoms with E-state index in [-0.39, 0.29) is 22.9 Å². The molecule has 20 heavy (non-hydrogen) atoms. The van der Waals surface area contributed by atoms with Crippen LogP contribution in [0, 0.1) is 0 Å². The zero-order valence-electron chi connectivity index (χ0n) is 11.0. The Hall–Kier alpha value is -2.05. The number of sulfonamides is 1. The first-order valence-corrected chi connectivity index (χ1v) is 7.66. The molecule has 0 aliphatic carbocycles. The number of nitrogens with one attached hydrogen (secondary N) is 2. The summed E-state index contributed by atoms with van der Waals surface area (Å²) in [6, 6.07) is 13.5. The Morgan fingerprint density at radius 1 is 1.05 bits per heavy atom. The Labute approximate surface area is 118 Å². The lowest BCUT2D eigenvalue weighted by molar-refractivity contribution is 0.476. The van der Waals surface area contributed by atoms with Gasteiger partial charge in [-0.3, -0.25) is 0 Å². The number of benzene rings is 2. The molecule has 0 fully saturated rings. The highest BCUT2D eigenvalue weighted by molar-refractivity contribution is 7.89. The second-order valence-electron chi connectivity index (χ2n) is 4.14. The quantitative estimate of drug-likeness (QED) is 0.740. The van der Waals surface area contributed by atoms with E-state index in [9.17, 15) is 13.5 Å². The molecule has 0 amide bonds. The average molecular weight is 292 g/mol. The average Bonchev–Trinajstić information content (AvgIpc) is 2.42. The fourth-order valence-electron chi connectivity index (χ4n) is 1.80. The van der Waals surface area contributed by atoms with E-state index in [0.29, 0.717) is 5.69 Å². The molecule has 0 aromatic heterocycles. The fraction of sp³-hybridized carbons (Fsp3) is 0.143. The van der Waals surface area contributed by atoms with Gasteiger partial charge in [-0.2, -0.15) is 0 Å². The van der Waals surface area contributed by atoms with E-state index in [4.69, 9.17) is 0 Å². The van der Waals surface area contributed by atoms with E-state index >= 15 is 0 Å². The van der Waals surface area contributed by atoms with E-state index in [1.807, 2.05) is 18.2 Å².